The highest BCUT2D eigenvalue weighted by molar-refractivity contribution is 5.78. The van der Waals surface area contributed by atoms with Gasteiger partial charge in [0.15, 0.2) is 5.88 Å². The van der Waals surface area contributed by atoms with Gasteiger partial charge in [-0.1, -0.05) is 13.8 Å². The lowest BCUT2D eigenvalue weighted by Gasteiger charge is -2.36. The molecule has 0 radical (unpaired) electrons. The van der Waals surface area contributed by atoms with Gasteiger partial charge in [0.25, 0.3) is 0 Å². The lowest BCUT2D eigenvalue weighted by Crippen LogP contribution is -2.49. The molecule has 0 saturated carbocycles. The second-order valence-corrected chi connectivity index (χ2v) is 4.06. The normalized spacial score (nSPS) is 16.8. The monoisotopic (exact) mass is 212 g/mol. The summed E-state index contributed by atoms with van der Waals surface area (Å²) in [7, 11) is 1.62. The molecule has 1 saturated heterocycles. The van der Waals surface area contributed by atoms with Crippen LogP contribution >= 0.6 is 0 Å². The summed E-state index contributed by atoms with van der Waals surface area (Å²) in [6, 6.07) is 0. The second-order valence-electron chi connectivity index (χ2n) is 4.06. The molecule has 0 N–H and O–H groups in total. The van der Waals surface area contributed by atoms with E-state index in [0.717, 1.165) is 26.2 Å². The van der Waals surface area contributed by atoms with Crippen LogP contribution in [0.5, 0.6) is 0 Å². The molecule has 0 unspecified atom stereocenters. The lowest BCUT2D eigenvalue weighted by molar-refractivity contribution is -0.136. The molecule has 0 aromatic heterocycles. The minimum atomic E-state index is 0.0853. The number of hydrogen-bond donors (Lipinski definition) is 0. The Morgan fingerprint density at radius 1 is 1.20 bits per heavy atom. The molecule has 0 spiro atoms. The second kappa shape index (κ2) is 5.05. The zero-order valence-corrected chi connectivity index (χ0v) is 9.82. The Hall–Kier alpha value is -1.19. The van der Waals surface area contributed by atoms with Crippen LogP contribution in [0.1, 0.15) is 13.8 Å². The first kappa shape index (κ1) is 11.9. The fraction of sp³-hybridized carbons (Fsp3) is 0.727. The first-order valence-corrected chi connectivity index (χ1v) is 5.33. The third kappa shape index (κ3) is 2.88. The van der Waals surface area contributed by atoms with E-state index < -0.39 is 0 Å². The van der Waals surface area contributed by atoms with Crippen LogP contribution < -0.4 is 0 Å². The summed E-state index contributed by atoms with van der Waals surface area (Å²) in [5.41, 5.74) is 0. The first-order valence-electron chi connectivity index (χ1n) is 5.33. The van der Waals surface area contributed by atoms with Crippen molar-refractivity contribution in [3.63, 3.8) is 0 Å². The summed E-state index contributed by atoms with van der Waals surface area (Å²) in [5.74, 6) is 1.01. The van der Waals surface area contributed by atoms with Crippen LogP contribution in [0.3, 0.4) is 0 Å². The number of methoxy groups -OCH3 is 1. The average molecular weight is 212 g/mol. The summed E-state index contributed by atoms with van der Waals surface area (Å²) < 4.78 is 5.06. The number of hydrogen-bond acceptors (Lipinski definition) is 3. The Morgan fingerprint density at radius 2 is 1.67 bits per heavy atom. The van der Waals surface area contributed by atoms with Crippen molar-refractivity contribution >= 4 is 5.91 Å². The maximum absolute atomic E-state index is 11.7. The lowest BCUT2D eigenvalue weighted by atomic mass is 10.1. The molecule has 1 amide bonds. The van der Waals surface area contributed by atoms with Crippen molar-refractivity contribution in [1.29, 1.82) is 0 Å². The molecule has 0 aromatic rings. The minimum Gasteiger partial charge on any atom is -0.483 e. The molecule has 0 bridgehead atoms. The molecular weight excluding hydrogens is 192 g/mol. The van der Waals surface area contributed by atoms with Crippen molar-refractivity contribution in [1.82, 2.24) is 9.80 Å². The van der Waals surface area contributed by atoms with Crippen molar-refractivity contribution in [3.05, 3.63) is 12.5 Å². The van der Waals surface area contributed by atoms with Gasteiger partial charge in [0.1, 0.15) is 0 Å². The van der Waals surface area contributed by atoms with Crippen LogP contribution in [-0.4, -0.2) is 49.0 Å². The first-order chi connectivity index (χ1) is 7.06. The number of carbonyl (C=O) groups excluding carboxylic acids is 1. The van der Waals surface area contributed by atoms with Crippen LogP contribution in [0, 0.1) is 5.92 Å². The van der Waals surface area contributed by atoms with Gasteiger partial charge in [-0.15, -0.1) is 0 Å². The van der Waals surface area contributed by atoms with Crippen LogP contribution in [0.25, 0.3) is 0 Å². The third-order valence-electron chi connectivity index (χ3n) is 2.67. The highest BCUT2D eigenvalue weighted by atomic mass is 16.5. The van der Waals surface area contributed by atoms with E-state index in [1.165, 1.54) is 0 Å². The number of piperazine rings is 1. The molecule has 1 fully saturated rings. The Labute approximate surface area is 91.5 Å². The standard InChI is InChI=1S/C11H20N2O2/c1-9(2)11(14)13-7-5-12(6-8-13)10(3)15-4/h9H,3,5-8H2,1-2,4H3. The van der Waals surface area contributed by atoms with E-state index in [9.17, 15) is 4.79 Å². The highest BCUT2D eigenvalue weighted by Crippen LogP contribution is 2.10. The summed E-state index contributed by atoms with van der Waals surface area (Å²) in [4.78, 5) is 15.7. The molecular formula is C11H20N2O2. The molecule has 1 aliphatic rings. The number of carbonyl (C=O) groups is 1. The fourth-order valence-corrected chi connectivity index (χ4v) is 1.67. The fourth-order valence-electron chi connectivity index (χ4n) is 1.67. The van der Waals surface area contributed by atoms with Gasteiger partial charge in [-0.25, -0.2) is 0 Å². The predicted molar refractivity (Wildman–Crippen MR) is 59.1 cm³/mol. The van der Waals surface area contributed by atoms with Crippen LogP contribution in [-0.2, 0) is 9.53 Å². The molecule has 0 aliphatic carbocycles. The van der Waals surface area contributed by atoms with Gasteiger partial charge < -0.3 is 14.5 Å². The molecule has 86 valence electrons. The number of nitrogens with zero attached hydrogens (tertiary/aromatic N) is 2. The van der Waals surface area contributed by atoms with Gasteiger partial charge in [-0.3, -0.25) is 4.79 Å². The SMILES string of the molecule is C=C(OC)N1CCN(C(=O)C(C)C)CC1. The van der Waals surface area contributed by atoms with Gasteiger partial charge in [-0.2, -0.15) is 0 Å². The molecule has 0 atom stereocenters. The van der Waals surface area contributed by atoms with E-state index >= 15 is 0 Å². The maximum Gasteiger partial charge on any atom is 0.225 e. The largest absolute Gasteiger partial charge is 0.483 e. The molecule has 4 heteroatoms. The third-order valence-corrected chi connectivity index (χ3v) is 2.67. The smallest absolute Gasteiger partial charge is 0.225 e. The van der Waals surface area contributed by atoms with E-state index in [-0.39, 0.29) is 11.8 Å². The van der Waals surface area contributed by atoms with Crippen LogP contribution in [0.15, 0.2) is 12.5 Å². The zero-order chi connectivity index (χ0) is 11.4. The Kier molecular flexibility index (Phi) is 4.00. The quantitative estimate of drug-likeness (QED) is 0.652. The van der Waals surface area contributed by atoms with Gasteiger partial charge in [0, 0.05) is 32.1 Å². The zero-order valence-electron chi connectivity index (χ0n) is 9.82. The Morgan fingerprint density at radius 3 is 2.07 bits per heavy atom. The van der Waals surface area contributed by atoms with E-state index in [1.807, 2.05) is 18.7 Å². The van der Waals surface area contributed by atoms with Crippen molar-refractivity contribution in [2.45, 2.75) is 13.8 Å². The predicted octanol–water partition coefficient (Wildman–Crippen LogP) is 0.904. The summed E-state index contributed by atoms with van der Waals surface area (Å²) >= 11 is 0. The van der Waals surface area contributed by atoms with Gasteiger partial charge in [0.2, 0.25) is 5.91 Å². The molecule has 1 rings (SSSR count). The minimum absolute atomic E-state index is 0.0853. The number of rotatable bonds is 3. The molecule has 1 heterocycles. The van der Waals surface area contributed by atoms with Crippen molar-refractivity contribution in [2.75, 3.05) is 33.3 Å². The summed E-state index contributed by atoms with van der Waals surface area (Å²) in [6.45, 7) is 10.8. The molecule has 0 aromatic carbocycles. The van der Waals surface area contributed by atoms with Crippen molar-refractivity contribution < 1.29 is 9.53 Å². The number of ether oxygens (including phenoxy) is 1. The maximum atomic E-state index is 11.7. The van der Waals surface area contributed by atoms with Crippen LogP contribution in [0.2, 0.25) is 0 Å². The molecule has 15 heavy (non-hydrogen) atoms. The Balaban J connectivity index is 2.42. The average Bonchev–Trinajstić information content (AvgIpc) is 2.27. The van der Waals surface area contributed by atoms with E-state index in [2.05, 4.69) is 11.5 Å². The molecule has 1 aliphatic heterocycles. The van der Waals surface area contributed by atoms with Gasteiger partial charge in [0.05, 0.1) is 7.11 Å². The van der Waals surface area contributed by atoms with Crippen LogP contribution in [0.4, 0.5) is 0 Å². The number of amides is 1. The summed E-state index contributed by atoms with van der Waals surface area (Å²) in [5, 5.41) is 0. The van der Waals surface area contributed by atoms with E-state index in [1.54, 1.807) is 7.11 Å². The summed E-state index contributed by atoms with van der Waals surface area (Å²) in [6.07, 6.45) is 0. The topological polar surface area (TPSA) is 32.8 Å². The van der Waals surface area contributed by atoms with Gasteiger partial charge in [-0.05, 0) is 6.58 Å². The highest BCUT2D eigenvalue weighted by Gasteiger charge is 2.23. The van der Waals surface area contributed by atoms with E-state index in [0.29, 0.717) is 5.88 Å². The van der Waals surface area contributed by atoms with Crippen molar-refractivity contribution in [3.8, 4) is 0 Å². The molecule has 4 nitrogen and oxygen atoms in total. The Bertz CT molecular complexity index is 243. The van der Waals surface area contributed by atoms with E-state index in [4.69, 9.17) is 4.74 Å². The van der Waals surface area contributed by atoms with Gasteiger partial charge >= 0.3 is 0 Å². The van der Waals surface area contributed by atoms with Crippen molar-refractivity contribution in [2.24, 2.45) is 5.92 Å².